The van der Waals surface area contributed by atoms with E-state index in [2.05, 4.69) is 5.32 Å². The smallest absolute Gasteiger partial charge is 0.244 e. The van der Waals surface area contributed by atoms with Crippen molar-refractivity contribution in [1.29, 1.82) is 0 Å². The molecular formula is C29H35N3O5S. The van der Waals surface area contributed by atoms with Gasteiger partial charge in [-0.05, 0) is 48.7 Å². The molecule has 0 unspecified atom stereocenters. The highest BCUT2D eigenvalue weighted by Crippen LogP contribution is 2.23. The largest absolute Gasteiger partial charge is 0.489 e. The van der Waals surface area contributed by atoms with E-state index in [9.17, 15) is 18.0 Å². The number of nitrogens with one attached hydrogen (secondary N) is 1. The van der Waals surface area contributed by atoms with Crippen LogP contribution in [0, 0.1) is 6.92 Å². The van der Waals surface area contributed by atoms with Crippen LogP contribution in [0.1, 0.15) is 30.0 Å². The van der Waals surface area contributed by atoms with Gasteiger partial charge in [0, 0.05) is 13.6 Å². The number of amides is 2. The van der Waals surface area contributed by atoms with Gasteiger partial charge in [-0.2, -0.15) is 0 Å². The Hall–Kier alpha value is -3.85. The van der Waals surface area contributed by atoms with Crippen LogP contribution in [0.3, 0.4) is 0 Å². The molecule has 0 bridgehead atoms. The third-order valence-electron chi connectivity index (χ3n) is 6.16. The van der Waals surface area contributed by atoms with E-state index in [4.69, 9.17) is 4.74 Å². The van der Waals surface area contributed by atoms with Gasteiger partial charge in [-0.15, -0.1) is 0 Å². The molecule has 0 radical (unpaired) electrons. The van der Waals surface area contributed by atoms with Gasteiger partial charge in [0.05, 0.1) is 11.9 Å². The summed E-state index contributed by atoms with van der Waals surface area (Å²) in [6.45, 7) is 3.89. The highest BCUT2D eigenvalue weighted by molar-refractivity contribution is 7.92. The van der Waals surface area contributed by atoms with Crippen LogP contribution >= 0.6 is 0 Å². The fourth-order valence-corrected chi connectivity index (χ4v) is 4.89. The highest BCUT2D eigenvalue weighted by Gasteiger charge is 2.31. The molecule has 1 N–H and O–H groups in total. The van der Waals surface area contributed by atoms with Gasteiger partial charge in [0.15, 0.2) is 0 Å². The van der Waals surface area contributed by atoms with Gasteiger partial charge in [-0.3, -0.25) is 13.9 Å². The van der Waals surface area contributed by atoms with E-state index in [-0.39, 0.29) is 12.5 Å². The van der Waals surface area contributed by atoms with Crippen LogP contribution < -0.4 is 14.4 Å². The number of nitrogens with zero attached hydrogens (tertiary/aromatic N) is 2. The van der Waals surface area contributed by atoms with Crippen molar-refractivity contribution < 1.29 is 22.7 Å². The number of hydrogen-bond donors (Lipinski definition) is 1. The van der Waals surface area contributed by atoms with Crippen molar-refractivity contribution in [1.82, 2.24) is 10.2 Å². The Balaban J connectivity index is 1.83. The summed E-state index contributed by atoms with van der Waals surface area (Å²) in [7, 11) is -2.29. The Morgan fingerprint density at radius 1 is 0.921 bits per heavy atom. The average molecular weight is 538 g/mol. The molecule has 8 nitrogen and oxygen atoms in total. The maximum absolute atomic E-state index is 13.6. The Morgan fingerprint density at radius 3 is 2.11 bits per heavy atom. The van der Waals surface area contributed by atoms with E-state index in [0.29, 0.717) is 24.5 Å². The predicted molar refractivity (Wildman–Crippen MR) is 149 cm³/mol. The molecule has 3 aromatic carbocycles. The predicted octanol–water partition coefficient (Wildman–Crippen LogP) is 3.89. The Morgan fingerprint density at radius 2 is 1.55 bits per heavy atom. The van der Waals surface area contributed by atoms with Crippen LogP contribution in [0.5, 0.6) is 5.75 Å². The number of rotatable bonds is 12. The van der Waals surface area contributed by atoms with Crippen molar-refractivity contribution in [2.75, 3.05) is 24.2 Å². The Kier molecular flexibility index (Phi) is 9.90. The van der Waals surface area contributed by atoms with Crippen LogP contribution in [0.15, 0.2) is 78.9 Å². The molecule has 2 amide bonds. The van der Waals surface area contributed by atoms with Crippen molar-refractivity contribution in [3.63, 3.8) is 0 Å². The molecule has 0 aliphatic rings. The summed E-state index contributed by atoms with van der Waals surface area (Å²) in [5.74, 6) is -0.210. The topological polar surface area (TPSA) is 96.0 Å². The standard InChI is InChI=1S/C29H35N3O5S/c1-5-27(29(34)30-3)31(19-23-13-11-22(2)12-14-23)28(33)20-32(38(4,35)36)25-15-17-26(18-16-25)37-21-24-9-7-6-8-10-24/h6-18,27H,5,19-21H2,1-4H3,(H,30,34)/t27-/m1/s1. The maximum Gasteiger partial charge on any atom is 0.244 e. The van der Waals surface area contributed by atoms with Crippen molar-refractivity contribution >= 4 is 27.5 Å². The molecule has 0 spiro atoms. The molecule has 202 valence electrons. The first-order valence-corrected chi connectivity index (χ1v) is 14.3. The van der Waals surface area contributed by atoms with Crippen molar-refractivity contribution in [2.45, 2.75) is 39.5 Å². The lowest BCUT2D eigenvalue weighted by Gasteiger charge is -2.32. The summed E-state index contributed by atoms with van der Waals surface area (Å²) in [6.07, 6.45) is 1.43. The quantitative estimate of drug-likeness (QED) is 0.378. The molecule has 3 aromatic rings. The zero-order chi connectivity index (χ0) is 27.7. The first-order valence-electron chi connectivity index (χ1n) is 12.4. The summed E-state index contributed by atoms with van der Waals surface area (Å²) < 4.78 is 32.4. The van der Waals surface area contributed by atoms with E-state index in [1.165, 1.54) is 11.9 Å². The molecule has 1 atom stereocenters. The Labute approximate surface area is 225 Å². The summed E-state index contributed by atoms with van der Waals surface area (Å²) >= 11 is 0. The molecule has 3 rings (SSSR count). The fraction of sp³-hybridized carbons (Fsp3) is 0.310. The molecule has 0 saturated heterocycles. The molecular weight excluding hydrogens is 502 g/mol. The normalized spacial score (nSPS) is 11.9. The minimum absolute atomic E-state index is 0.176. The first-order chi connectivity index (χ1) is 18.1. The van der Waals surface area contributed by atoms with Gasteiger partial charge in [0.1, 0.15) is 24.9 Å². The maximum atomic E-state index is 13.6. The van der Waals surface area contributed by atoms with E-state index >= 15 is 0 Å². The van der Waals surface area contributed by atoms with E-state index in [1.54, 1.807) is 24.3 Å². The number of aryl methyl sites for hydroxylation is 1. The fourth-order valence-electron chi connectivity index (χ4n) is 4.04. The number of ether oxygens (including phenoxy) is 1. The van der Waals surface area contributed by atoms with Crippen LogP contribution in [-0.4, -0.2) is 51.0 Å². The lowest BCUT2D eigenvalue weighted by Crippen LogP contribution is -2.51. The summed E-state index contributed by atoms with van der Waals surface area (Å²) in [5.41, 5.74) is 3.26. The lowest BCUT2D eigenvalue weighted by atomic mass is 10.1. The number of anilines is 1. The Bertz CT molecular complexity index is 1310. The van der Waals surface area contributed by atoms with Gasteiger partial charge in [0.2, 0.25) is 21.8 Å². The van der Waals surface area contributed by atoms with Crippen LogP contribution in [-0.2, 0) is 32.8 Å². The van der Waals surface area contributed by atoms with E-state index < -0.39 is 28.5 Å². The molecule has 0 aliphatic carbocycles. The average Bonchev–Trinajstić information content (AvgIpc) is 2.91. The highest BCUT2D eigenvalue weighted by atomic mass is 32.2. The lowest BCUT2D eigenvalue weighted by molar-refractivity contribution is -0.140. The van der Waals surface area contributed by atoms with Gasteiger partial charge in [-0.25, -0.2) is 8.42 Å². The van der Waals surface area contributed by atoms with Crippen molar-refractivity contribution in [3.05, 3.63) is 95.6 Å². The molecule has 0 saturated carbocycles. The minimum atomic E-state index is -3.81. The number of likely N-dealkylation sites (N-methyl/N-ethyl adjacent to an activating group) is 1. The molecule has 0 heterocycles. The summed E-state index contributed by atoms with van der Waals surface area (Å²) in [4.78, 5) is 27.7. The zero-order valence-corrected chi connectivity index (χ0v) is 23.1. The van der Waals surface area contributed by atoms with Crippen LogP contribution in [0.4, 0.5) is 5.69 Å². The molecule has 0 aliphatic heterocycles. The third kappa shape index (κ3) is 7.82. The van der Waals surface area contributed by atoms with Gasteiger partial charge in [0.25, 0.3) is 0 Å². The molecule has 0 fully saturated rings. The number of sulfonamides is 1. The second-order valence-corrected chi connectivity index (χ2v) is 11.0. The van der Waals surface area contributed by atoms with Gasteiger partial charge in [-0.1, -0.05) is 67.1 Å². The summed E-state index contributed by atoms with van der Waals surface area (Å²) in [6, 6.07) is 23.2. The van der Waals surface area contributed by atoms with Crippen LogP contribution in [0.25, 0.3) is 0 Å². The third-order valence-corrected chi connectivity index (χ3v) is 7.30. The molecule has 0 aromatic heterocycles. The van der Waals surface area contributed by atoms with Gasteiger partial charge < -0.3 is 15.0 Å². The number of carbonyl (C=O) groups is 2. The monoisotopic (exact) mass is 537 g/mol. The molecule has 9 heteroatoms. The van der Waals surface area contributed by atoms with E-state index in [0.717, 1.165) is 27.3 Å². The zero-order valence-electron chi connectivity index (χ0n) is 22.3. The summed E-state index contributed by atoms with van der Waals surface area (Å²) in [5, 5.41) is 2.61. The second-order valence-electron chi connectivity index (χ2n) is 9.08. The molecule has 38 heavy (non-hydrogen) atoms. The number of carbonyl (C=O) groups excluding carboxylic acids is 2. The minimum Gasteiger partial charge on any atom is -0.489 e. The second kappa shape index (κ2) is 13.1. The van der Waals surface area contributed by atoms with Crippen molar-refractivity contribution in [2.24, 2.45) is 0 Å². The van der Waals surface area contributed by atoms with Crippen molar-refractivity contribution in [3.8, 4) is 5.75 Å². The SMILES string of the molecule is CC[C@H](C(=O)NC)N(Cc1ccc(C)cc1)C(=O)CN(c1ccc(OCc2ccccc2)cc1)S(C)(=O)=O. The number of hydrogen-bond acceptors (Lipinski definition) is 5. The van der Waals surface area contributed by atoms with E-state index in [1.807, 2.05) is 68.4 Å². The number of benzene rings is 3. The first kappa shape index (κ1) is 28.7. The van der Waals surface area contributed by atoms with Gasteiger partial charge >= 0.3 is 0 Å². The van der Waals surface area contributed by atoms with Crippen LogP contribution in [0.2, 0.25) is 0 Å².